The van der Waals surface area contributed by atoms with Gasteiger partial charge in [0, 0.05) is 24.4 Å². The standard InChI is InChI=1S/C14H20N2O3/c1-9(2)15-14(18)11-5-7-12(8-6-11)16-13(17)10(3)19-4/h5-10H,1-4H3,(H,15,18)(H,16,17). The lowest BCUT2D eigenvalue weighted by Gasteiger charge is -2.11. The fraction of sp³-hybridized carbons (Fsp3) is 0.429. The minimum Gasteiger partial charge on any atom is -0.372 e. The van der Waals surface area contributed by atoms with Gasteiger partial charge >= 0.3 is 0 Å². The Morgan fingerprint density at radius 1 is 1.11 bits per heavy atom. The van der Waals surface area contributed by atoms with Gasteiger partial charge < -0.3 is 15.4 Å². The van der Waals surface area contributed by atoms with Gasteiger partial charge in [-0.1, -0.05) is 0 Å². The molecule has 0 spiro atoms. The molecule has 0 aliphatic heterocycles. The average molecular weight is 264 g/mol. The minimum atomic E-state index is -0.510. The highest BCUT2D eigenvalue weighted by molar-refractivity contribution is 5.96. The van der Waals surface area contributed by atoms with Crippen LogP contribution in [0.1, 0.15) is 31.1 Å². The second kappa shape index (κ2) is 6.89. The Bertz CT molecular complexity index is 441. The summed E-state index contributed by atoms with van der Waals surface area (Å²) in [4.78, 5) is 23.3. The maximum absolute atomic E-state index is 11.7. The molecule has 1 aromatic rings. The average Bonchev–Trinajstić information content (AvgIpc) is 2.37. The lowest BCUT2D eigenvalue weighted by Crippen LogP contribution is -2.30. The van der Waals surface area contributed by atoms with Gasteiger partial charge in [0.15, 0.2) is 0 Å². The number of rotatable bonds is 5. The molecule has 1 rings (SSSR count). The Labute approximate surface area is 113 Å². The summed E-state index contributed by atoms with van der Waals surface area (Å²) < 4.78 is 4.91. The molecule has 2 N–H and O–H groups in total. The van der Waals surface area contributed by atoms with Crippen LogP contribution in [0.2, 0.25) is 0 Å². The molecular weight excluding hydrogens is 244 g/mol. The number of amides is 2. The van der Waals surface area contributed by atoms with E-state index in [2.05, 4.69) is 10.6 Å². The van der Waals surface area contributed by atoms with E-state index in [1.165, 1.54) is 7.11 Å². The van der Waals surface area contributed by atoms with Gasteiger partial charge in [-0.2, -0.15) is 0 Å². The van der Waals surface area contributed by atoms with Crippen molar-refractivity contribution in [1.29, 1.82) is 0 Å². The molecule has 19 heavy (non-hydrogen) atoms. The van der Waals surface area contributed by atoms with E-state index in [0.717, 1.165) is 0 Å². The Morgan fingerprint density at radius 3 is 2.16 bits per heavy atom. The first kappa shape index (κ1) is 15.2. The monoisotopic (exact) mass is 264 g/mol. The number of nitrogens with one attached hydrogen (secondary N) is 2. The fourth-order valence-electron chi connectivity index (χ4n) is 1.40. The SMILES string of the molecule is COC(C)C(=O)Nc1ccc(C(=O)NC(C)C)cc1. The summed E-state index contributed by atoms with van der Waals surface area (Å²) in [6.45, 7) is 5.47. The van der Waals surface area contributed by atoms with E-state index in [-0.39, 0.29) is 17.9 Å². The highest BCUT2D eigenvalue weighted by Gasteiger charge is 2.12. The van der Waals surface area contributed by atoms with Crippen LogP contribution >= 0.6 is 0 Å². The lowest BCUT2D eigenvalue weighted by atomic mass is 10.2. The zero-order chi connectivity index (χ0) is 14.4. The maximum atomic E-state index is 11.7. The predicted octanol–water partition coefficient (Wildman–Crippen LogP) is 1.80. The summed E-state index contributed by atoms with van der Waals surface area (Å²) in [6, 6.07) is 6.81. The molecule has 0 radical (unpaired) electrons. The minimum absolute atomic E-state index is 0.0921. The number of benzene rings is 1. The van der Waals surface area contributed by atoms with Crippen LogP contribution in [0.5, 0.6) is 0 Å². The van der Waals surface area contributed by atoms with Gasteiger partial charge in [0.2, 0.25) is 0 Å². The highest BCUT2D eigenvalue weighted by Crippen LogP contribution is 2.10. The summed E-state index contributed by atoms with van der Waals surface area (Å²) in [7, 11) is 1.48. The number of methoxy groups -OCH3 is 1. The third kappa shape index (κ3) is 4.71. The topological polar surface area (TPSA) is 67.4 Å². The molecule has 0 heterocycles. The number of anilines is 1. The molecule has 1 unspecified atom stereocenters. The van der Waals surface area contributed by atoms with Crippen molar-refractivity contribution in [3.8, 4) is 0 Å². The van der Waals surface area contributed by atoms with Gasteiger partial charge in [0.25, 0.3) is 11.8 Å². The maximum Gasteiger partial charge on any atom is 0.253 e. The summed E-state index contributed by atoms with van der Waals surface area (Å²) in [5, 5.41) is 5.50. The van der Waals surface area contributed by atoms with Crippen molar-refractivity contribution in [2.75, 3.05) is 12.4 Å². The molecule has 0 aromatic heterocycles. The molecule has 0 aliphatic rings. The van der Waals surface area contributed by atoms with Crippen molar-refractivity contribution in [2.45, 2.75) is 32.9 Å². The first-order valence-corrected chi connectivity index (χ1v) is 6.18. The van der Waals surface area contributed by atoms with Crippen LogP contribution in [0.15, 0.2) is 24.3 Å². The van der Waals surface area contributed by atoms with Gasteiger partial charge in [0.1, 0.15) is 6.10 Å². The number of hydrogen-bond acceptors (Lipinski definition) is 3. The van der Waals surface area contributed by atoms with Crippen molar-refractivity contribution < 1.29 is 14.3 Å². The van der Waals surface area contributed by atoms with Crippen LogP contribution in [0, 0.1) is 0 Å². The van der Waals surface area contributed by atoms with Crippen LogP contribution in [-0.4, -0.2) is 31.1 Å². The van der Waals surface area contributed by atoms with E-state index in [4.69, 9.17) is 4.74 Å². The molecule has 0 aliphatic carbocycles. The predicted molar refractivity (Wildman–Crippen MR) is 74.1 cm³/mol. The summed E-state index contributed by atoms with van der Waals surface area (Å²) >= 11 is 0. The molecule has 0 fully saturated rings. The lowest BCUT2D eigenvalue weighted by molar-refractivity contribution is -0.124. The number of hydrogen-bond donors (Lipinski definition) is 2. The fourth-order valence-corrected chi connectivity index (χ4v) is 1.40. The number of carbonyl (C=O) groups is 2. The third-order valence-electron chi connectivity index (χ3n) is 2.56. The van der Waals surface area contributed by atoms with Crippen molar-refractivity contribution in [3.05, 3.63) is 29.8 Å². The largest absolute Gasteiger partial charge is 0.372 e. The first-order chi connectivity index (χ1) is 8.93. The molecule has 0 saturated heterocycles. The summed E-state index contributed by atoms with van der Waals surface area (Å²) in [5.41, 5.74) is 1.20. The van der Waals surface area contributed by atoms with Crippen LogP contribution < -0.4 is 10.6 Å². The van der Waals surface area contributed by atoms with Crippen molar-refractivity contribution in [1.82, 2.24) is 5.32 Å². The van der Waals surface area contributed by atoms with E-state index in [1.54, 1.807) is 31.2 Å². The molecule has 1 atom stereocenters. The normalized spacial score (nSPS) is 12.1. The zero-order valence-corrected chi connectivity index (χ0v) is 11.7. The molecule has 1 aromatic carbocycles. The van der Waals surface area contributed by atoms with Crippen LogP contribution in [0.25, 0.3) is 0 Å². The molecule has 2 amide bonds. The highest BCUT2D eigenvalue weighted by atomic mass is 16.5. The van der Waals surface area contributed by atoms with Gasteiger partial charge in [-0.25, -0.2) is 0 Å². The van der Waals surface area contributed by atoms with Gasteiger partial charge in [0.05, 0.1) is 0 Å². The molecule has 0 bridgehead atoms. The smallest absolute Gasteiger partial charge is 0.253 e. The van der Waals surface area contributed by atoms with Gasteiger partial charge in [-0.3, -0.25) is 9.59 Å². The van der Waals surface area contributed by atoms with E-state index >= 15 is 0 Å². The summed E-state index contributed by atoms with van der Waals surface area (Å²) in [5.74, 6) is -0.347. The van der Waals surface area contributed by atoms with Crippen LogP contribution in [0.4, 0.5) is 5.69 Å². The number of carbonyl (C=O) groups excluding carboxylic acids is 2. The Morgan fingerprint density at radius 2 is 1.68 bits per heavy atom. The van der Waals surface area contributed by atoms with E-state index in [0.29, 0.717) is 11.3 Å². The quantitative estimate of drug-likeness (QED) is 0.852. The van der Waals surface area contributed by atoms with Gasteiger partial charge in [-0.15, -0.1) is 0 Å². The third-order valence-corrected chi connectivity index (χ3v) is 2.56. The Kier molecular flexibility index (Phi) is 5.51. The second-order valence-electron chi connectivity index (χ2n) is 4.57. The number of ether oxygens (including phenoxy) is 1. The Balaban J connectivity index is 2.66. The van der Waals surface area contributed by atoms with Gasteiger partial charge in [-0.05, 0) is 45.0 Å². The molecule has 0 saturated carbocycles. The molecule has 5 nitrogen and oxygen atoms in total. The van der Waals surface area contributed by atoms with Crippen LogP contribution in [0.3, 0.4) is 0 Å². The van der Waals surface area contributed by atoms with Crippen molar-refractivity contribution in [2.24, 2.45) is 0 Å². The molecule has 5 heteroatoms. The molecular formula is C14H20N2O3. The van der Waals surface area contributed by atoms with E-state index < -0.39 is 6.10 Å². The van der Waals surface area contributed by atoms with E-state index in [9.17, 15) is 9.59 Å². The second-order valence-corrected chi connectivity index (χ2v) is 4.57. The first-order valence-electron chi connectivity index (χ1n) is 6.18. The Hall–Kier alpha value is -1.88. The summed E-state index contributed by atoms with van der Waals surface area (Å²) in [6.07, 6.45) is -0.510. The van der Waals surface area contributed by atoms with Crippen LogP contribution in [-0.2, 0) is 9.53 Å². The van der Waals surface area contributed by atoms with Crippen molar-refractivity contribution >= 4 is 17.5 Å². The van der Waals surface area contributed by atoms with E-state index in [1.807, 2.05) is 13.8 Å². The zero-order valence-electron chi connectivity index (χ0n) is 11.7. The van der Waals surface area contributed by atoms with Crippen molar-refractivity contribution in [3.63, 3.8) is 0 Å². The molecule has 104 valence electrons.